The van der Waals surface area contributed by atoms with Gasteiger partial charge < -0.3 is 19.5 Å². The monoisotopic (exact) mass is 377 g/mol. The minimum absolute atomic E-state index is 0.182. The molecule has 0 aliphatic rings. The molecule has 0 unspecified atom stereocenters. The number of aryl methyl sites for hydroxylation is 1. The molecule has 0 aliphatic carbocycles. The summed E-state index contributed by atoms with van der Waals surface area (Å²) in [5.74, 6) is 0.511. The molecule has 2 aromatic rings. The fourth-order valence-corrected chi connectivity index (χ4v) is 2.58. The maximum atomic E-state index is 12.2. The first-order valence-electron chi connectivity index (χ1n) is 7.87. The van der Waals surface area contributed by atoms with Gasteiger partial charge in [0.1, 0.15) is 0 Å². The Hall–Kier alpha value is -2.73. The van der Waals surface area contributed by atoms with Crippen LogP contribution >= 0.6 is 11.6 Å². The van der Waals surface area contributed by atoms with Crippen LogP contribution in [0.3, 0.4) is 0 Å². The molecule has 0 heterocycles. The molecule has 1 amide bonds. The van der Waals surface area contributed by atoms with Crippen molar-refractivity contribution in [3.63, 3.8) is 0 Å². The number of benzene rings is 2. The molecule has 26 heavy (non-hydrogen) atoms. The number of ether oxygens (including phenoxy) is 3. The van der Waals surface area contributed by atoms with Gasteiger partial charge in [-0.25, -0.2) is 4.79 Å². The molecule has 0 aliphatic heterocycles. The largest absolute Gasteiger partial charge is 0.493 e. The number of esters is 1. The van der Waals surface area contributed by atoms with Gasteiger partial charge in [-0.15, -0.1) is 0 Å². The van der Waals surface area contributed by atoms with Crippen molar-refractivity contribution in [2.75, 3.05) is 26.6 Å². The number of hydrogen-bond donors (Lipinski definition) is 1. The highest BCUT2D eigenvalue weighted by molar-refractivity contribution is 6.33. The van der Waals surface area contributed by atoms with Crippen LogP contribution in [0.1, 0.15) is 22.3 Å². The van der Waals surface area contributed by atoms with Crippen molar-refractivity contribution in [1.82, 2.24) is 0 Å². The summed E-state index contributed by atoms with van der Waals surface area (Å²) in [6.45, 7) is 0. The van der Waals surface area contributed by atoms with E-state index in [1.54, 1.807) is 26.4 Å². The molecule has 0 saturated carbocycles. The number of anilines is 1. The topological polar surface area (TPSA) is 73.9 Å². The van der Waals surface area contributed by atoms with Crippen LogP contribution < -0.4 is 14.8 Å². The minimum Gasteiger partial charge on any atom is -0.493 e. The van der Waals surface area contributed by atoms with Crippen LogP contribution in [-0.2, 0) is 16.0 Å². The van der Waals surface area contributed by atoms with E-state index in [9.17, 15) is 9.59 Å². The Bertz CT molecular complexity index is 807. The van der Waals surface area contributed by atoms with Gasteiger partial charge in [-0.2, -0.15) is 0 Å². The lowest BCUT2D eigenvalue weighted by molar-refractivity contribution is -0.116. The zero-order chi connectivity index (χ0) is 19.1. The smallest absolute Gasteiger partial charge is 0.339 e. The summed E-state index contributed by atoms with van der Waals surface area (Å²) >= 11 is 5.97. The third-order valence-electron chi connectivity index (χ3n) is 3.74. The van der Waals surface area contributed by atoms with Gasteiger partial charge in [-0.1, -0.05) is 17.7 Å². The van der Waals surface area contributed by atoms with Crippen LogP contribution in [0.2, 0.25) is 5.02 Å². The fourth-order valence-electron chi connectivity index (χ4n) is 2.39. The van der Waals surface area contributed by atoms with Crippen LogP contribution in [-0.4, -0.2) is 33.2 Å². The van der Waals surface area contributed by atoms with E-state index in [2.05, 4.69) is 10.1 Å². The summed E-state index contributed by atoms with van der Waals surface area (Å²) in [6.07, 6.45) is 0.801. The van der Waals surface area contributed by atoms with E-state index < -0.39 is 5.97 Å². The zero-order valence-corrected chi connectivity index (χ0v) is 15.6. The molecule has 0 saturated heterocycles. The first-order chi connectivity index (χ1) is 12.5. The van der Waals surface area contributed by atoms with Crippen molar-refractivity contribution < 1.29 is 23.8 Å². The molecule has 0 atom stereocenters. The number of carbonyl (C=O) groups is 2. The number of halogens is 1. The van der Waals surface area contributed by atoms with Gasteiger partial charge in [0, 0.05) is 12.1 Å². The lowest BCUT2D eigenvalue weighted by Crippen LogP contribution is -2.13. The Balaban J connectivity index is 2.00. The average Bonchev–Trinajstić information content (AvgIpc) is 2.66. The molecule has 138 valence electrons. The summed E-state index contributed by atoms with van der Waals surface area (Å²) in [4.78, 5) is 23.8. The molecule has 0 bridgehead atoms. The maximum Gasteiger partial charge on any atom is 0.339 e. The Kier molecular flexibility index (Phi) is 6.86. The predicted octanol–water partition coefficient (Wildman–Crippen LogP) is 3.72. The second kappa shape index (κ2) is 9.10. The van der Waals surface area contributed by atoms with Gasteiger partial charge in [0.15, 0.2) is 11.5 Å². The first-order valence-corrected chi connectivity index (χ1v) is 8.25. The molecule has 0 radical (unpaired) electrons. The quantitative estimate of drug-likeness (QED) is 0.744. The van der Waals surface area contributed by atoms with Gasteiger partial charge in [-0.05, 0) is 42.3 Å². The van der Waals surface area contributed by atoms with Gasteiger partial charge >= 0.3 is 5.97 Å². The van der Waals surface area contributed by atoms with Gasteiger partial charge in [0.2, 0.25) is 5.91 Å². The average molecular weight is 378 g/mol. The van der Waals surface area contributed by atoms with Gasteiger partial charge in [0.05, 0.1) is 31.9 Å². The summed E-state index contributed by atoms with van der Waals surface area (Å²) in [5, 5.41) is 3.01. The fraction of sp³-hybridized carbons (Fsp3) is 0.263. The van der Waals surface area contributed by atoms with Gasteiger partial charge in [-0.3, -0.25) is 4.79 Å². The van der Waals surface area contributed by atoms with Crippen LogP contribution in [0.4, 0.5) is 5.69 Å². The SMILES string of the molecule is COC(=O)c1cc(NC(=O)CCc2ccc(OC)c(OC)c2)ccc1Cl. The van der Waals surface area contributed by atoms with Gasteiger partial charge in [0.25, 0.3) is 0 Å². The van der Waals surface area contributed by atoms with E-state index in [0.717, 1.165) is 5.56 Å². The van der Waals surface area contributed by atoms with E-state index in [1.165, 1.54) is 19.2 Å². The summed E-state index contributed by atoms with van der Waals surface area (Å²) < 4.78 is 15.1. The molecule has 6 nitrogen and oxygen atoms in total. The molecular weight excluding hydrogens is 358 g/mol. The van der Waals surface area contributed by atoms with E-state index in [1.807, 2.05) is 12.1 Å². The zero-order valence-electron chi connectivity index (χ0n) is 14.8. The van der Waals surface area contributed by atoms with E-state index in [4.69, 9.17) is 21.1 Å². The number of hydrogen-bond acceptors (Lipinski definition) is 5. The second-order valence-corrected chi connectivity index (χ2v) is 5.83. The third kappa shape index (κ3) is 4.89. The van der Waals surface area contributed by atoms with E-state index >= 15 is 0 Å². The molecule has 2 aromatic carbocycles. The van der Waals surface area contributed by atoms with E-state index in [-0.39, 0.29) is 22.9 Å². The number of nitrogens with one attached hydrogen (secondary N) is 1. The number of carbonyl (C=O) groups excluding carboxylic acids is 2. The Labute approximate surface area is 157 Å². The molecular formula is C19H20ClNO5. The minimum atomic E-state index is -0.559. The van der Waals surface area contributed by atoms with Crippen molar-refractivity contribution in [3.8, 4) is 11.5 Å². The van der Waals surface area contributed by atoms with Crippen molar-refractivity contribution in [2.45, 2.75) is 12.8 Å². The molecule has 1 N–H and O–H groups in total. The van der Waals surface area contributed by atoms with Crippen molar-refractivity contribution in [2.24, 2.45) is 0 Å². The lowest BCUT2D eigenvalue weighted by atomic mass is 10.1. The highest BCUT2D eigenvalue weighted by Gasteiger charge is 2.13. The second-order valence-electron chi connectivity index (χ2n) is 5.42. The summed E-state index contributed by atoms with van der Waals surface area (Å²) in [7, 11) is 4.40. The predicted molar refractivity (Wildman–Crippen MR) is 99.3 cm³/mol. The normalized spacial score (nSPS) is 10.2. The Morgan fingerprint density at radius 3 is 2.38 bits per heavy atom. The Morgan fingerprint density at radius 1 is 1.00 bits per heavy atom. The molecule has 7 heteroatoms. The van der Waals surface area contributed by atoms with Crippen LogP contribution in [0, 0.1) is 0 Å². The third-order valence-corrected chi connectivity index (χ3v) is 4.07. The van der Waals surface area contributed by atoms with Crippen LogP contribution in [0.25, 0.3) is 0 Å². The highest BCUT2D eigenvalue weighted by atomic mass is 35.5. The highest BCUT2D eigenvalue weighted by Crippen LogP contribution is 2.28. The van der Waals surface area contributed by atoms with Crippen LogP contribution in [0.15, 0.2) is 36.4 Å². The van der Waals surface area contributed by atoms with Crippen molar-refractivity contribution in [1.29, 1.82) is 0 Å². The van der Waals surface area contributed by atoms with Crippen molar-refractivity contribution >= 4 is 29.2 Å². The lowest BCUT2D eigenvalue weighted by Gasteiger charge is -2.10. The standard InChI is InChI=1S/C19H20ClNO5/c1-24-16-8-4-12(10-17(16)25-2)5-9-18(22)21-13-6-7-15(20)14(11-13)19(23)26-3/h4,6-8,10-11H,5,9H2,1-3H3,(H,21,22). The molecule has 0 fully saturated rings. The maximum absolute atomic E-state index is 12.2. The summed E-state index contributed by atoms with van der Waals surface area (Å²) in [6, 6.07) is 10.2. The van der Waals surface area contributed by atoms with Crippen LogP contribution in [0.5, 0.6) is 11.5 Å². The summed E-state index contributed by atoms with van der Waals surface area (Å²) in [5.41, 5.74) is 1.63. The number of methoxy groups -OCH3 is 3. The number of rotatable bonds is 7. The van der Waals surface area contributed by atoms with E-state index in [0.29, 0.717) is 23.6 Å². The molecule has 2 rings (SSSR count). The first kappa shape index (κ1) is 19.6. The molecule has 0 spiro atoms. The number of amides is 1. The van der Waals surface area contributed by atoms with Crippen molar-refractivity contribution in [3.05, 3.63) is 52.5 Å². The molecule has 0 aromatic heterocycles. The Morgan fingerprint density at radius 2 is 1.73 bits per heavy atom.